The van der Waals surface area contributed by atoms with Gasteiger partial charge in [-0.15, -0.1) is 0 Å². The number of ether oxygens (including phenoxy) is 1. The number of rotatable bonds is 11. The van der Waals surface area contributed by atoms with Crippen LogP contribution < -0.4 is 15.4 Å². The first-order valence-electron chi connectivity index (χ1n) is 9.45. The number of carbonyl (C=O) groups is 2. The van der Waals surface area contributed by atoms with Gasteiger partial charge >= 0.3 is 0 Å². The molecule has 2 N–H and O–H groups in total. The Morgan fingerprint density at radius 1 is 1.15 bits per heavy atom. The topological polar surface area (TPSA) is 80.6 Å². The number of hydrogen-bond donors (Lipinski definition) is 2. The third-order valence-electron chi connectivity index (χ3n) is 4.10. The van der Waals surface area contributed by atoms with Gasteiger partial charge in [-0.05, 0) is 37.6 Å². The van der Waals surface area contributed by atoms with Crippen molar-refractivity contribution < 1.29 is 18.7 Å². The molecule has 1 aromatic carbocycles. The molecule has 1 atom stereocenters. The Balaban J connectivity index is 1.75. The van der Waals surface area contributed by atoms with Crippen molar-refractivity contribution in [1.29, 1.82) is 0 Å². The Morgan fingerprint density at radius 3 is 2.74 bits per heavy atom. The smallest absolute Gasteiger partial charge is 0.291 e. The number of nitrogens with one attached hydrogen (secondary N) is 2. The van der Waals surface area contributed by atoms with Crippen LogP contribution in [0.2, 0.25) is 0 Å². The highest BCUT2D eigenvalue weighted by Gasteiger charge is 2.10. The molecule has 1 heterocycles. The molecule has 2 amide bonds. The summed E-state index contributed by atoms with van der Waals surface area (Å²) >= 11 is 0. The number of anilines is 1. The fraction of sp³-hybridized carbons (Fsp3) is 0.429. The largest absolute Gasteiger partial charge is 0.484 e. The highest BCUT2D eigenvalue weighted by Crippen LogP contribution is 2.18. The average Bonchev–Trinajstić information content (AvgIpc) is 3.19. The zero-order valence-electron chi connectivity index (χ0n) is 16.0. The second kappa shape index (κ2) is 11.1. The minimum Gasteiger partial charge on any atom is -0.484 e. The van der Waals surface area contributed by atoms with Crippen LogP contribution in [0.25, 0.3) is 0 Å². The highest BCUT2D eigenvalue weighted by molar-refractivity contribution is 6.02. The van der Waals surface area contributed by atoms with Crippen LogP contribution in [0.5, 0.6) is 5.75 Å². The zero-order chi connectivity index (χ0) is 19.5. The van der Waals surface area contributed by atoms with Gasteiger partial charge in [0.15, 0.2) is 12.4 Å². The maximum absolute atomic E-state index is 12.0. The summed E-state index contributed by atoms with van der Waals surface area (Å²) in [6.45, 7) is 4.13. The summed E-state index contributed by atoms with van der Waals surface area (Å²) in [6.07, 6.45) is 7.17. The van der Waals surface area contributed by atoms with Gasteiger partial charge in [0.05, 0.1) is 6.26 Å². The van der Waals surface area contributed by atoms with E-state index < -0.39 is 0 Å². The summed E-state index contributed by atoms with van der Waals surface area (Å²) in [5, 5.41) is 5.67. The summed E-state index contributed by atoms with van der Waals surface area (Å²) in [5.41, 5.74) is 0.568. The fourth-order valence-corrected chi connectivity index (χ4v) is 2.68. The van der Waals surface area contributed by atoms with Crippen LogP contribution in [-0.2, 0) is 4.79 Å². The Bertz CT molecular complexity index is 713. The van der Waals surface area contributed by atoms with E-state index in [0.717, 1.165) is 12.8 Å². The maximum atomic E-state index is 12.0. The van der Waals surface area contributed by atoms with Gasteiger partial charge in [-0.1, -0.05) is 38.7 Å². The Labute approximate surface area is 160 Å². The van der Waals surface area contributed by atoms with Gasteiger partial charge < -0.3 is 19.8 Å². The second-order valence-corrected chi connectivity index (χ2v) is 6.57. The molecule has 6 heteroatoms. The van der Waals surface area contributed by atoms with E-state index in [0.29, 0.717) is 11.4 Å². The van der Waals surface area contributed by atoms with Crippen molar-refractivity contribution in [2.75, 3.05) is 11.9 Å². The zero-order valence-corrected chi connectivity index (χ0v) is 16.0. The summed E-state index contributed by atoms with van der Waals surface area (Å²) in [5.74, 6) is 0.251. The first-order valence-corrected chi connectivity index (χ1v) is 9.45. The maximum Gasteiger partial charge on any atom is 0.291 e. The summed E-state index contributed by atoms with van der Waals surface area (Å²) in [7, 11) is 0. The van der Waals surface area contributed by atoms with Crippen molar-refractivity contribution in [2.24, 2.45) is 0 Å². The van der Waals surface area contributed by atoms with E-state index in [-0.39, 0.29) is 30.2 Å². The number of furan rings is 1. The van der Waals surface area contributed by atoms with Gasteiger partial charge in [-0.2, -0.15) is 0 Å². The van der Waals surface area contributed by atoms with Crippen LogP contribution in [0.15, 0.2) is 47.1 Å². The van der Waals surface area contributed by atoms with E-state index in [4.69, 9.17) is 9.15 Å². The van der Waals surface area contributed by atoms with E-state index in [1.807, 2.05) is 6.92 Å². The van der Waals surface area contributed by atoms with Crippen LogP contribution in [0, 0.1) is 0 Å². The van der Waals surface area contributed by atoms with Crippen LogP contribution in [0.1, 0.15) is 56.5 Å². The Kier molecular flexibility index (Phi) is 8.42. The average molecular weight is 372 g/mol. The normalized spacial score (nSPS) is 11.6. The Hall–Kier alpha value is -2.76. The molecule has 1 aromatic heterocycles. The molecule has 0 fully saturated rings. The molecule has 0 aliphatic heterocycles. The predicted molar refractivity (Wildman–Crippen MR) is 105 cm³/mol. The lowest BCUT2D eigenvalue weighted by Crippen LogP contribution is -2.36. The van der Waals surface area contributed by atoms with Crippen LogP contribution in [0.3, 0.4) is 0 Å². The number of benzene rings is 1. The van der Waals surface area contributed by atoms with Crippen molar-refractivity contribution in [3.8, 4) is 5.75 Å². The number of carbonyl (C=O) groups excluding carboxylic acids is 2. The van der Waals surface area contributed by atoms with Gasteiger partial charge in [0.25, 0.3) is 11.8 Å². The van der Waals surface area contributed by atoms with E-state index >= 15 is 0 Å². The van der Waals surface area contributed by atoms with Crippen molar-refractivity contribution >= 4 is 17.5 Å². The SMILES string of the molecule is CCCCCCC(C)NC(=O)COc1cccc(NC(=O)c2ccco2)c1. The molecule has 6 nitrogen and oxygen atoms in total. The first-order chi connectivity index (χ1) is 13.1. The van der Waals surface area contributed by atoms with Gasteiger partial charge in [-0.3, -0.25) is 9.59 Å². The van der Waals surface area contributed by atoms with Crippen LogP contribution in [-0.4, -0.2) is 24.5 Å². The number of unbranched alkanes of at least 4 members (excludes halogenated alkanes) is 3. The molecule has 0 saturated heterocycles. The van der Waals surface area contributed by atoms with Crippen molar-refractivity contribution in [1.82, 2.24) is 5.32 Å². The standard InChI is InChI=1S/C21H28N2O4/c1-3-4-5-6-9-16(2)22-20(24)15-27-18-11-7-10-17(14-18)23-21(25)19-12-8-13-26-19/h7-8,10-14,16H,3-6,9,15H2,1-2H3,(H,22,24)(H,23,25). The van der Waals surface area contributed by atoms with Crippen molar-refractivity contribution in [3.05, 3.63) is 48.4 Å². The summed E-state index contributed by atoms with van der Waals surface area (Å²) in [6, 6.07) is 10.3. The van der Waals surface area contributed by atoms with Crippen molar-refractivity contribution in [2.45, 2.75) is 52.0 Å². The predicted octanol–water partition coefficient (Wildman–Crippen LogP) is 4.39. The molecule has 0 aliphatic carbocycles. The summed E-state index contributed by atoms with van der Waals surface area (Å²) < 4.78 is 10.6. The fourth-order valence-electron chi connectivity index (χ4n) is 2.68. The van der Waals surface area contributed by atoms with E-state index in [9.17, 15) is 9.59 Å². The molecule has 1 unspecified atom stereocenters. The molecular formula is C21H28N2O4. The number of hydrogen-bond acceptors (Lipinski definition) is 4. The Morgan fingerprint density at radius 2 is 2.00 bits per heavy atom. The molecule has 27 heavy (non-hydrogen) atoms. The lowest BCUT2D eigenvalue weighted by Gasteiger charge is -2.14. The molecular weight excluding hydrogens is 344 g/mol. The molecule has 0 bridgehead atoms. The molecule has 0 saturated carbocycles. The third-order valence-corrected chi connectivity index (χ3v) is 4.10. The molecule has 0 aliphatic rings. The molecule has 2 rings (SSSR count). The third kappa shape index (κ3) is 7.56. The number of amides is 2. The quantitative estimate of drug-likeness (QED) is 0.573. The molecule has 0 radical (unpaired) electrons. The molecule has 0 spiro atoms. The summed E-state index contributed by atoms with van der Waals surface area (Å²) in [4.78, 5) is 24.0. The highest BCUT2D eigenvalue weighted by atomic mass is 16.5. The van der Waals surface area contributed by atoms with Gasteiger partial charge in [-0.25, -0.2) is 0 Å². The lowest BCUT2D eigenvalue weighted by molar-refractivity contribution is -0.123. The van der Waals surface area contributed by atoms with E-state index in [1.54, 1.807) is 36.4 Å². The van der Waals surface area contributed by atoms with Gasteiger partial charge in [0, 0.05) is 17.8 Å². The van der Waals surface area contributed by atoms with E-state index in [1.165, 1.54) is 25.5 Å². The van der Waals surface area contributed by atoms with Crippen molar-refractivity contribution in [3.63, 3.8) is 0 Å². The van der Waals surface area contributed by atoms with Gasteiger partial charge in [0.1, 0.15) is 5.75 Å². The first kappa shape index (κ1) is 20.6. The molecule has 2 aromatic rings. The molecule has 146 valence electrons. The van der Waals surface area contributed by atoms with E-state index in [2.05, 4.69) is 17.6 Å². The monoisotopic (exact) mass is 372 g/mol. The minimum atomic E-state index is -0.341. The van der Waals surface area contributed by atoms with Crippen LogP contribution >= 0.6 is 0 Å². The second-order valence-electron chi connectivity index (χ2n) is 6.57. The lowest BCUT2D eigenvalue weighted by atomic mass is 10.1. The van der Waals surface area contributed by atoms with Crippen LogP contribution in [0.4, 0.5) is 5.69 Å². The van der Waals surface area contributed by atoms with Gasteiger partial charge in [0.2, 0.25) is 0 Å². The minimum absolute atomic E-state index is 0.0606.